The number of hydrogen-bond acceptors (Lipinski definition) is 4. The van der Waals surface area contributed by atoms with Gasteiger partial charge in [-0.25, -0.2) is 4.68 Å². The minimum atomic E-state index is -0.235. The summed E-state index contributed by atoms with van der Waals surface area (Å²) < 4.78 is 7.29. The van der Waals surface area contributed by atoms with Crippen LogP contribution in [0.25, 0.3) is 5.69 Å². The smallest absolute Gasteiger partial charge is 0.254 e. The highest BCUT2D eigenvalue weighted by atomic mass is 35.5. The van der Waals surface area contributed by atoms with E-state index in [1.54, 1.807) is 7.11 Å². The van der Waals surface area contributed by atoms with Crippen molar-refractivity contribution in [1.29, 1.82) is 0 Å². The maximum absolute atomic E-state index is 13.2. The first-order chi connectivity index (χ1) is 13.7. The van der Waals surface area contributed by atoms with Crippen molar-refractivity contribution in [3.05, 3.63) is 47.3 Å². The van der Waals surface area contributed by atoms with Crippen molar-refractivity contribution < 1.29 is 9.53 Å². The third-order valence-electron chi connectivity index (χ3n) is 5.71. The van der Waals surface area contributed by atoms with Gasteiger partial charge < -0.3 is 15.4 Å². The van der Waals surface area contributed by atoms with E-state index in [2.05, 4.69) is 50.5 Å². The average Bonchev–Trinajstić information content (AvgIpc) is 3.14. The van der Waals surface area contributed by atoms with Crippen molar-refractivity contribution in [2.45, 2.75) is 46.0 Å². The van der Waals surface area contributed by atoms with Crippen LogP contribution in [0.5, 0.6) is 0 Å². The Balaban J connectivity index is 0.00000320. The Kier molecular flexibility index (Phi) is 8.08. The lowest BCUT2D eigenvalue weighted by Gasteiger charge is -2.37. The Labute approximate surface area is 186 Å². The number of ether oxygens (including phenoxy) is 1. The summed E-state index contributed by atoms with van der Waals surface area (Å²) in [6.07, 6.45) is 3.84. The highest BCUT2D eigenvalue weighted by molar-refractivity contribution is 5.95. The second-order valence-corrected chi connectivity index (χ2v) is 9.29. The van der Waals surface area contributed by atoms with Gasteiger partial charge in [-0.3, -0.25) is 4.79 Å². The maximum atomic E-state index is 13.2. The van der Waals surface area contributed by atoms with Crippen LogP contribution in [0.3, 0.4) is 0 Å². The van der Waals surface area contributed by atoms with Gasteiger partial charge in [0.25, 0.3) is 5.91 Å². The molecule has 0 atom stereocenters. The van der Waals surface area contributed by atoms with Crippen LogP contribution in [-0.2, 0) is 10.2 Å². The Morgan fingerprint density at radius 3 is 2.43 bits per heavy atom. The Hall–Kier alpha value is -1.89. The van der Waals surface area contributed by atoms with Crippen LogP contribution in [-0.4, -0.2) is 49.0 Å². The number of rotatable bonds is 6. The highest BCUT2D eigenvalue weighted by Crippen LogP contribution is 2.29. The van der Waals surface area contributed by atoms with Crippen LogP contribution in [0.2, 0.25) is 0 Å². The number of amides is 1. The molecule has 0 radical (unpaired) electrons. The van der Waals surface area contributed by atoms with E-state index in [9.17, 15) is 4.79 Å². The van der Waals surface area contributed by atoms with E-state index in [1.165, 1.54) is 5.56 Å². The minimum absolute atomic E-state index is 0. The fourth-order valence-electron chi connectivity index (χ4n) is 3.92. The molecular formula is C23H35ClN4O2. The SMILES string of the molecule is COCC1(CNC(=O)c2cn(-c3ccc(C)cc3)nc2C(C)(C)C)CCNCC1.Cl. The molecule has 0 saturated carbocycles. The van der Waals surface area contributed by atoms with E-state index in [-0.39, 0.29) is 29.1 Å². The zero-order chi connectivity index (χ0) is 21.1. The van der Waals surface area contributed by atoms with Crippen molar-refractivity contribution in [2.75, 3.05) is 33.4 Å². The quantitative estimate of drug-likeness (QED) is 0.728. The lowest BCUT2D eigenvalue weighted by Crippen LogP contribution is -2.47. The number of piperidine rings is 1. The molecule has 2 aromatic rings. The van der Waals surface area contributed by atoms with Crippen molar-refractivity contribution in [2.24, 2.45) is 5.41 Å². The van der Waals surface area contributed by atoms with Crippen LogP contribution in [0.4, 0.5) is 0 Å². The number of hydrogen-bond donors (Lipinski definition) is 2. The molecule has 1 fully saturated rings. The van der Waals surface area contributed by atoms with E-state index in [0.29, 0.717) is 18.7 Å². The fraction of sp³-hybridized carbons (Fsp3) is 0.565. The number of carbonyl (C=O) groups is 1. The molecule has 0 unspecified atom stereocenters. The van der Waals surface area contributed by atoms with E-state index in [1.807, 2.05) is 23.0 Å². The summed E-state index contributed by atoms with van der Waals surface area (Å²) in [7, 11) is 1.73. The lowest BCUT2D eigenvalue weighted by atomic mass is 9.79. The molecule has 1 saturated heterocycles. The standard InChI is InChI=1S/C23H34N4O2.ClH/c1-17-6-8-18(9-7-17)27-14-19(20(26-27)22(2,3)4)21(28)25-15-23(16-29-5)10-12-24-13-11-23;/h6-9,14,24H,10-13,15-16H2,1-5H3,(H,25,28);1H. The predicted molar refractivity (Wildman–Crippen MR) is 123 cm³/mol. The normalized spacial score (nSPS) is 16.0. The summed E-state index contributed by atoms with van der Waals surface area (Å²) in [4.78, 5) is 13.2. The Morgan fingerprint density at radius 1 is 1.23 bits per heavy atom. The summed E-state index contributed by atoms with van der Waals surface area (Å²) in [6, 6.07) is 8.16. The topological polar surface area (TPSA) is 68.2 Å². The first kappa shape index (κ1) is 24.4. The first-order valence-electron chi connectivity index (χ1n) is 10.4. The van der Waals surface area contributed by atoms with E-state index in [0.717, 1.165) is 37.3 Å². The van der Waals surface area contributed by atoms with Crippen LogP contribution < -0.4 is 10.6 Å². The van der Waals surface area contributed by atoms with Crippen LogP contribution >= 0.6 is 12.4 Å². The molecule has 1 aromatic heterocycles. The summed E-state index contributed by atoms with van der Waals surface area (Å²) >= 11 is 0. The monoisotopic (exact) mass is 434 g/mol. The molecule has 30 heavy (non-hydrogen) atoms. The van der Waals surface area contributed by atoms with Crippen molar-refractivity contribution in [1.82, 2.24) is 20.4 Å². The summed E-state index contributed by atoms with van der Waals surface area (Å²) in [5, 5.41) is 11.3. The third-order valence-corrected chi connectivity index (χ3v) is 5.71. The second-order valence-electron chi connectivity index (χ2n) is 9.29. The number of carbonyl (C=O) groups excluding carboxylic acids is 1. The fourth-order valence-corrected chi connectivity index (χ4v) is 3.92. The number of nitrogens with zero attached hydrogens (tertiary/aromatic N) is 2. The van der Waals surface area contributed by atoms with Gasteiger partial charge >= 0.3 is 0 Å². The average molecular weight is 435 g/mol. The minimum Gasteiger partial charge on any atom is -0.384 e. The van der Waals surface area contributed by atoms with Crippen LogP contribution in [0.15, 0.2) is 30.5 Å². The second kappa shape index (κ2) is 9.94. The Bertz CT molecular complexity index is 828. The first-order valence-corrected chi connectivity index (χ1v) is 10.4. The van der Waals surface area contributed by atoms with Gasteiger partial charge in [0.2, 0.25) is 0 Å². The van der Waals surface area contributed by atoms with Crippen LogP contribution in [0, 0.1) is 12.3 Å². The van der Waals surface area contributed by atoms with E-state index in [4.69, 9.17) is 9.84 Å². The van der Waals surface area contributed by atoms with Crippen molar-refractivity contribution >= 4 is 18.3 Å². The highest BCUT2D eigenvalue weighted by Gasteiger charge is 2.34. The molecule has 2 N–H and O–H groups in total. The van der Waals surface area contributed by atoms with Gasteiger partial charge in [-0.1, -0.05) is 38.5 Å². The van der Waals surface area contributed by atoms with E-state index >= 15 is 0 Å². The molecule has 166 valence electrons. The number of halogens is 1. The molecule has 1 aliphatic heterocycles. The van der Waals surface area contributed by atoms with Gasteiger partial charge in [0.15, 0.2) is 0 Å². The van der Waals surface area contributed by atoms with Gasteiger partial charge in [0.1, 0.15) is 0 Å². The summed E-state index contributed by atoms with van der Waals surface area (Å²) in [5.41, 5.74) is 3.35. The zero-order valence-electron chi connectivity index (χ0n) is 18.7. The molecule has 7 heteroatoms. The molecule has 3 rings (SSSR count). The molecule has 6 nitrogen and oxygen atoms in total. The van der Waals surface area contributed by atoms with Gasteiger partial charge in [0.05, 0.1) is 23.6 Å². The van der Waals surface area contributed by atoms with E-state index < -0.39 is 0 Å². The molecule has 0 bridgehead atoms. The number of nitrogens with one attached hydrogen (secondary N) is 2. The number of benzene rings is 1. The molecule has 1 aliphatic rings. The van der Waals surface area contributed by atoms with Gasteiger partial charge in [-0.15, -0.1) is 12.4 Å². The number of aromatic nitrogens is 2. The third kappa shape index (κ3) is 5.62. The molecule has 0 spiro atoms. The Morgan fingerprint density at radius 2 is 1.87 bits per heavy atom. The predicted octanol–water partition coefficient (Wildman–Crippen LogP) is 3.65. The molecule has 1 amide bonds. The zero-order valence-corrected chi connectivity index (χ0v) is 19.6. The molecular weight excluding hydrogens is 400 g/mol. The van der Waals surface area contributed by atoms with Crippen molar-refractivity contribution in [3.8, 4) is 5.69 Å². The van der Waals surface area contributed by atoms with Gasteiger partial charge in [-0.2, -0.15) is 5.10 Å². The largest absolute Gasteiger partial charge is 0.384 e. The van der Waals surface area contributed by atoms with Gasteiger partial charge in [-0.05, 0) is 45.0 Å². The molecule has 1 aromatic carbocycles. The van der Waals surface area contributed by atoms with Gasteiger partial charge in [0, 0.05) is 30.7 Å². The maximum Gasteiger partial charge on any atom is 0.254 e. The van der Waals surface area contributed by atoms with Crippen LogP contribution in [0.1, 0.15) is 55.2 Å². The lowest BCUT2D eigenvalue weighted by molar-refractivity contribution is 0.0511. The number of methoxy groups -OCH3 is 1. The van der Waals surface area contributed by atoms with Crippen molar-refractivity contribution in [3.63, 3.8) is 0 Å². The molecule has 0 aliphatic carbocycles. The number of aryl methyl sites for hydroxylation is 1. The summed E-state index contributed by atoms with van der Waals surface area (Å²) in [6.45, 7) is 11.5. The summed E-state index contributed by atoms with van der Waals surface area (Å²) in [5.74, 6) is -0.0673. The molecule has 2 heterocycles.